The predicted octanol–water partition coefficient (Wildman–Crippen LogP) is 2.92. The maximum Gasteiger partial charge on any atom is 0.276 e. The van der Waals surface area contributed by atoms with Gasteiger partial charge in [-0.15, -0.1) is 11.3 Å². The van der Waals surface area contributed by atoms with Crippen molar-refractivity contribution in [2.75, 3.05) is 23.1 Å². The van der Waals surface area contributed by atoms with Crippen molar-refractivity contribution in [3.63, 3.8) is 0 Å². The number of sulfone groups is 2. The van der Waals surface area contributed by atoms with Gasteiger partial charge in [-0.25, -0.2) is 26.8 Å². The zero-order valence-corrected chi connectivity index (χ0v) is 24.1. The molecule has 2 aromatic rings. The van der Waals surface area contributed by atoms with Crippen LogP contribution < -0.4 is 10.6 Å². The molecule has 0 aromatic carbocycles. The highest BCUT2D eigenvalue weighted by Gasteiger charge is 2.36. The molecule has 10 nitrogen and oxygen atoms in total. The lowest BCUT2D eigenvalue weighted by Crippen LogP contribution is -2.36. The minimum Gasteiger partial charge on any atom is -0.348 e. The lowest BCUT2D eigenvalue weighted by atomic mass is 9.72. The third-order valence-electron chi connectivity index (χ3n) is 6.78. The fourth-order valence-electron chi connectivity index (χ4n) is 4.67. The van der Waals surface area contributed by atoms with E-state index in [9.17, 15) is 26.4 Å². The normalized spacial score (nSPS) is 21.3. The number of nitrogens with zero attached hydrogens (tertiary/aromatic N) is 2. The molecule has 37 heavy (non-hydrogen) atoms. The quantitative estimate of drug-likeness (QED) is 0.506. The van der Waals surface area contributed by atoms with Crippen LogP contribution in [-0.2, 0) is 32.5 Å². The molecule has 1 saturated heterocycles. The van der Waals surface area contributed by atoms with Gasteiger partial charge < -0.3 is 10.6 Å². The molecule has 2 amide bonds. The standard InChI is InChI=1S/C23H29ClN4O6S3/c1-23(2,3)12-5-6-14-16(9-12)35-21(17(14)19(29)26-13-7-8-37(33,34)11-13)28-20(30)18-15(24)10-25-22(27-18)36(4,31)32/h10,12-13H,5-9,11H2,1-4H3,(H,26,29)(H,28,30). The van der Waals surface area contributed by atoms with Crippen LogP contribution in [0.15, 0.2) is 11.4 Å². The van der Waals surface area contributed by atoms with E-state index in [2.05, 4.69) is 41.4 Å². The Morgan fingerprint density at radius 1 is 1.19 bits per heavy atom. The monoisotopic (exact) mass is 588 g/mol. The third-order valence-corrected chi connectivity index (χ3v) is 10.9. The van der Waals surface area contributed by atoms with Gasteiger partial charge in [-0.2, -0.15) is 0 Å². The molecule has 1 fully saturated rings. The summed E-state index contributed by atoms with van der Waals surface area (Å²) in [4.78, 5) is 35.1. The Bertz CT molecular complexity index is 1480. The number of hydrogen-bond donors (Lipinski definition) is 2. The summed E-state index contributed by atoms with van der Waals surface area (Å²) in [5.41, 5.74) is 0.870. The fraction of sp³-hybridized carbons (Fsp3) is 0.565. The van der Waals surface area contributed by atoms with Crippen molar-refractivity contribution < 1.29 is 26.4 Å². The zero-order valence-electron chi connectivity index (χ0n) is 20.9. The number of fused-ring (bicyclic) bond motifs is 1. The van der Waals surface area contributed by atoms with Crippen molar-refractivity contribution in [1.82, 2.24) is 15.3 Å². The molecule has 1 aliphatic heterocycles. The van der Waals surface area contributed by atoms with Crippen molar-refractivity contribution in [3.8, 4) is 0 Å². The van der Waals surface area contributed by atoms with Crippen LogP contribution in [0.5, 0.6) is 0 Å². The molecule has 2 aliphatic rings. The number of rotatable bonds is 5. The molecule has 3 heterocycles. The third kappa shape index (κ3) is 6.15. The number of aromatic nitrogens is 2. The number of carbonyl (C=O) groups excluding carboxylic acids is 2. The molecule has 202 valence electrons. The lowest BCUT2D eigenvalue weighted by molar-refractivity contribution is 0.0941. The van der Waals surface area contributed by atoms with E-state index >= 15 is 0 Å². The predicted molar refractivity (Wildman–Crippen MR) is 142 cm³/mol. The topological polar surface area (TPSA) is 152 Å². The molecule has 1 aliphatic carbocycles. The number of nitrogens with one attached hydrogen (secondary N) is 2. The molecule has 0 bridgehead atoms. The van der Waals surface area contributed by atoms with E-state index in [1.54, 1.807) is 0 Å². The first kappa shape index (κ1) is 27.9. The number of amides is 2. The summed E-state index contributed by atoms with van der Waals surface area (Å²) in [7, 11) is -6.98. The highest BCUT2D eigenvalue weighted by atomic mass is 35.5. The first-order valence-electron chi connectivity index (χ1n) is 11.7. The average molecular weight is 589 g/mol. The van der Waals surface area contributed by atoms with Gasteiger partial charge in [0.25, 0.3) is 11.8 Å². The van der Waals surface area contributed by atoms with Crippen LogP contribution in [0.3, 0.4) is 0 Å². The van der Waals surface area contributed by atoms with Crippen molar-refractivity contribution >= 4 is 59.4 Å². The zero-order chi connectivity index (χ0) is 27.3. The largest absolute Gasteiger partial charge is 0.348 e. The van der Waals surface area contributed by atoms with Crippen LogP contribution >= 0.6 is 22.9 Å². The van der Waals surface area contributed by atoms with Gasteiger partial charge in [0.2, 0.25) is 15.0 Å². The van der Waals surface area contributed by atoms with Crippen LogP contribution in [-0.4, -0.2) is 62.4 Å². The fourth-order valence-corrected chi connectivity index (χ4v) is 8.34. The maximum absolute atomic E-state index is 13.4. The van der Waals surface area contributed by atoms with Gasteiger partial charge in [0.05, 0.1) is 28.3 Å². The van der Waals surface area contributed by atoms with Crippen LogP contribution in [0.2, 0.25) is 5.02 Å². The van der Waals surface area contributed by atoms with E-state index in [1.807, 2.05) is 0 Å². The second-order valence-corrected chi connectivity index (χ2v) is 16.3. The van der Waals surface area contributed by atoms with E-state index in [1.165, 1.54) is 11.3 Å². The first-order chi connectivity index (χ1) is 17.0. The smallest absolute Gasteiger partial charge is 0.276 e. The van der Waals surface area contributed by atoms with Gasteiger partial charge in [0, 0.05) is 17.2 Å². The molecule has 4 rings (SSSR count). The molecule has 2 aromatic heterocycles. The summed E-state index contributed by atoms with van der Waals surface area (Å²) >= 11 is 7.40. The number of carbonyl (C=O) groups is 2. The summed E-state index contributed by atoms with van der Waals surface area (Å²) in [6, 6.07) is -0.504. The van der Waals surface area contributed by atoms with Gasteiger partial charge in [-0.1, -0.05) is 32.4 Å². The second-order valence-electron chi connectivity index (χ2n) is 10.7. The molecule has 2 N–H and O–H groups in total. The molecule has 14 heteroatoms. The molecule has 0 saturated carbocycles. The summed E-state index contributed by atoms with van der Waals surface area (Å²) in [5, 5.41) is 5.15. The van der Waals surface area contributed by atoms with Gasteiger partial charge in [0.1, 0.15) is 5.00 Å². The molecule has 2 atom stereocenters. The minimum absolute atomic E-state index is 0.0193. The van der Waals surface area contributed by atoms with E-state index in [-0.39, 0.29) is 27.6 Å². The summed E-state index contributed by atoms with van der Waals surface area (Å²) in [6.07, 6.45) is 4.54. The molecular weight excluding hydrogens is 560 g/mol. The van der Waals surface area contributed by atoms with Crippen molar-refractivity contribution in [1.29, 1.82) is 0 Å². The van der Waals surface area contributed by atoms with E-state index < -0.39 is 42.7 Å². The highest BCUT2D eigenvalue weighted by Crippen LogP contribution is 2.44. The van der Waals surface area contributed by atoms with Crippen molar-refractivity contribution in [2.24, 2.45) is 11.3 Å². The van der Waals surface area contributed by atoms with Gasteiger partial charge >= 0.3 is 0 Å². The summed E-state index contributed by atoms with van der Waals surface area (Å²) in [5.74, 6) is -0.947. The van der Waals surface area contributed by atoms with Crippen molar-refractivity contribution in [3.05, 3.63) is 32.9 Å². The van der Waals surface area contributed by atoms with Crippen LogP contribution in [0.4, 0.5) is 5.00 Å². The van der Waals surface area contributed by atoms with E-state index in [4.69, 9.17) is 11.6 Å². The van der Waals surface area contributed by atoms with Crippen molar-refractivity contribution in [2.45, 2.75) is 57.7 Å². The van der Waals surface area contributed by atoms with E-state index in [0.717, 1.165) is 35.7 Å². The highest BCUT2D eigenvalue weighted by molar-refractivity contribution is 7.91. The number of halogens is 1. The Kier molecular flexibility index (Phi) is 7.47. The SMILES string of the molecule is CC(C)(C)C1CCc2c(sc(NC(=O)c3nc(S(C)(=O)=O)ncc3Cl)c2C(=O)NC2CCS(=O)(=O)C2)C1. The Labute approximate surface area is 225 Å². The number of anilines is 1. The Hall–Kier alpha value is -2.09. The number of hydrogen-bond acceptors (Lipinski definition) is 9. The summed E-state index contributed by atoms with van der Waals surface area (Å²) < 4.78 is 47.6. The Balaban J connectivity index is 1.69. The Morgan fingerprint density at radius 2 is 1.89 bits per heavy atom. The van der Waals surface area contributed by atoms with Gasteiger partial charge in [-0.3, -0.25) is 9.59 Å². The minimum atomic E-state index is -3.79. The number of thiophene rings is 1. The van der Waals surface area contributed by atoms with Gasteiger partial charge in [-0.05, 0) is 42.6 Å². The molecule has 0 spiro atoms. The van der Waals surface area contributed by atoms with Crippen LogP contribution in [0.1, 0.15) is 64.9 Å². The molecular formula is C23H29ClN4O6S3. The second kappa shape index (κ2) is 9.90. The van der Waals surface area contributed by atoms with Gasteiger partial charge in [0.15, 0.2) is 15.5 Å². The molecule has 0 radical (unpaired) electrons. The van der Waals surface area contributed by atoms with Crippen LogP contribution in [0.25, 0.3) is 0 Å². The first-order valence-corrected chi connectivity index (χ1v) is 16.7. The molecule has 2 unspecified atom stereocenters. The maximum atomic E-state index is 13.4. The Morgan fingerprint density at radius 3 is 2.49 bits per heavy atom. The average Bonchev–Trinajstić information content (AvgIpc) is 3.30. The van der Waals surface area contributed by atoms with E-state index in [0.29, 0.717) is 29.3 Å². The van der Waals surface area contributed by atoms with Crippen LogP contribution in [0, 0.1) is 11.3 Å². The lowest BCUT2D eigenvalue weighted by Gasteiger charge is -2.33. The summed E-state index contributed by atoms with van der Waals surface area (Å²) in [6.45, 7) is 6.51.